The van der Waals surface area contributed by atoms with E-state index in [1.807, 2.05) is 13.8 Å². The summed E-state index contributed by atoms with van der Waals surface area (Å²) in [6.45, 7) is 4.28. The van der Waals surface area contributed by atoms with Crippen LogP contribution in [-0.2, 0) is 13.8 Å². The van der Waals surface area contributed by atoms with Crippen LogP contribution in [-0.4, -0.2) is 21.0 Å². The molecule has 0 N–H and O–H groups in total. The number of halogens is 2. The lowest BCUT2D eigenvalue weighted by Gasteiger charge is -2.11. The number of rotatable bonds is 6. The average molecular weight is 339 g/mol. The summed E-state index contributed by atoms with van der Waals surface area (Å²) in [4.78, 5) is 11.7. The molecule has 1 unspecified atom stereocenters. The van der Waals surface area contributed by atoms with Gasteiger partial charge in [0.2, 0.25) is 0 Å². The molecule has 1 aromatic carbocycles. The molecule has 1 atom stereocenters. The van der Waals surface area contributed by atoms with Crippen molar-refractivity contribution in [1.82, 2.24) is 0 Å². The van der Waals surface area contributed by atoms with Gasteiger partial charge in [0, 0.05) is 10.7 Å². The number of hydrogen-bond acceptors (Lipinski definition) is 4. The molecule has 0 spiro atoms. The lowest BCUT2D eigenvalue weighted by Crippen LogP contribution is -2.13. The molecule has 0 aromatic heterocycles. The quantitative estimate of drug-likeness (QED) is 0.583. The molecular weight excluding hydrogens is 323 g/mol. The molecule has 112 valence electrons. The SMILES string of the molecule is CCCC(C)COC(=O)c1cc(S(=O)(=O)Cl)ccc1Cl. The third kappa shape index (κ3) is 4.96. The first-order valence-electron chi connectivity index (χ1n) is 6.17. The first-order valence-corrected chi connectivity index (χ1v) is 8.85. The molecule has 0 aliphatic carbocycles. The summed E-state index contributed by atoms with van der Waals surface area (Å²) in [5.41, 5.74) is -0.00269. The summed E-state index contributed by atoms with van der Waals surface area (Å²) in [6, 6.07) is 3.67. The highest BCUT2D eigenvalue weighted by Gasteiger charge is 2.18. The van der Waals surface area contributed by atoms with Crippen LogP contribution < -0.4 is 0 Å². The van der Waals surface area contributed by atoms with E-state index in [1.54, 1.807) is 0 Å². The minimum Gasteiger partial charge on any atom is -0.462 e. The van der Waals surface area contributed by atoms with Crippen molar-refractivity contribution in [3.63, 3.8) is 0 Å². The Balaban J connectivity index is 2.87. The van der Waals surface area contributed by atoms with Crippen LogP contribution >= 0.6 is 22.3 Å². The van der Waals surface area contributed by atoms with Crippen LogP contribution in [0.2, 0.25) is 5.02 Å². The molecule has 0 amide bonds. The molecule has 0 heterocycles. The zero-order valence-electron chi connectivity index (χ0n) is 11.2. The van der Waals surface area contributed by atoms with Crippen molar-refractivity contribution >= 4 is 37.3 Å². The summed E-state index contributed by atoms with van der Waals surface area (Å²) < 4.78 is 27.6. The van der Waals surface area contributed by atoms with Gasteiger partial charge in [0.1, 0.15) is 0 Å². The van der Waals surface area contributed by atoms with Crippen molar-refractivity contribution < 1.29 is 17.9 Å². The number of ether oxygens (including phenoxy) is 1. The van der Waals surface area contributed by atoms with E-state index in [1.165, 1.54) is 12.1 Å². The Kier molecular flexibility index (Phi) is 6.30. The smallest absolute Gasteiger partial charge is 0.339 e. The van der Waals surface area contributed by atoms with E-state index in [2.05, 4.69) is 0 Å². The number of hydrogen-bond donors (Lipinski definition) is 0. The van der Waals surface area contributed by atoms with Crippen molar-refractivity contribution in [1.29, 1.82) is 0 Å². The average Bonchev–Trinajstić information content (AvgIpc) is 2.35. The van der Waals surface area contributed by atoms with Gasteiger partial charge in [-0.1, -0.05) is 31.9 Å². The topological polar surface area (TPSA) is 60.4 Å². The Labute approximate surface area is 128 Å². The van der Waals surface area contributed by atoms with Gasteiger partial charge >= 0.3 is 5.97 Å². The highest BCUT2D eigenvalue weighted by atomic mass is 35.7. The van der Waals surface area contributed by atoms with Gasteiger partial charge in [-0.2, -0.15) is 0 Å². The minimum atomic E-state index is -3.91. The Morgan fingerprint density at radius 3 is 2.60 bits per heavy atom. The van der Waals surface area contributed by atoms with E-state index < -0.39 is 15.0 Å². The predicted molar refractivity (Wildman–Crippen MR) is 78.8 cm³/mol. The van der Waals surface area contributed by atoms with Gasteiger partial charge in [-0.05, 0) is 30.5 Å². The summed E-state index contributed by atoms with van der Waals surface area (Å²) >= 11 is 5.88. The molecule has 0 aliphatic heterocycles. The predicted octanol–water partition coefficient (Wildman–Crippen LogP) is 3.86. The van der Waals surface area contributed by atoms with E-state index >= 15 is 0 Å². The Bertz CT molecular complexity index is 584. The van der Waals surface area contributed by atoms with Crippen LogP contribution in [0.5, 0.6) is 0 Å². The van der Waals surface area contributed by atoms with Gasteiger partial charge in [-0.3, -0.25) is 0 Å². The fraction of sp³-hybridized carbons (Fsp3) is 0.462. The largest absolute Gasteiger partial charge is 0.462 e. The lowest BCUT2D eigenvalue weighted by molar-refractivity contribution is 0.0443. The molecular formula is C13H16Cl2O4S. The van der Waals surface area contributed by atoms with Crippen molar-refractivity contribution in [2.24, 2.45) is 5.92 Å². The zero-order chi connectivity index (χ0) is 15.3. The maximum Gasteiger partial charge on any atom is 0.339 e. The molecule has 1 rings (SSSR count). The van der Waals surface area contributed by atoms with Crippen LogP contribution in [0, 0.1) is 5.92 Å². The fourth-order valence-corrected chi connectivity index (χ4v) is 2.66. The molecule has 7 heteroatoms. The standard InChI is InChI=1S/C13H16Cl2O4S/c1-3-4-9(2)8-19-13(16)11-7-10(20(15,17)18)5-6-12(11)14/h5-7,9H,3-4,8H2,1-2H3. The molecule has 20 heavy (non-hydrogen) atoms. The van der Waals surface area contributed by atoms with Gasteiger partial charge in [0.05, 0.1) is 22.1 Å². The Hall–Kier alpha value is -0.780. The molecule has 0 aliphatic rings. The molecule has 1 aromatic rings. The van der Waals surface area contributed by atoms with Gasteiger partial charge in [0.25, 0.3) is 9.05 Å². The lowest BCUT2D eigenvalue weighted by atomic mass is 10.1. The number of esters is 1. The molecule has 0 saturated carbocycles. The van der Waals surface area contributed by atoms with Crippen LogP contribution in [0.25, 0.3) is 0 Å². The fourth-order valence-electron chi connectivity index (χ4n) is 1.68. The highest BCUT2D eigenvalue weighted by Crippen LogP contribution is 2.23. The number of carbonyl (C=O) groups is 1. The van der Waals surface area contributed by atoms with Crippen LogP contribution in [0.4, 0.5) is 0 Å². The minimum absolute atomic E-state index is 0.00269. The molecule has 0 bridgehead atoms. The van der Waals surface area contributed by atoms with E-state index in [0.29, 0.717) is 0 Å². The number of carbonyl (C=O) groups excluding carboxylic acids is 1. The third-order valence-electron chi connectivity index (χ3n) is 2.72. The maximum absolute atomic E-state index is 11.9. The second kappa shape index (κ2) is 7.29. The second-order valence-corrected chi connectivity index (χ2v) is 7.54. The van der Waals surface area contributed by atoms with Crippen molar-refractivity contribution in [2.75, 3.05) is 6.61 Å². The van der Waals surface area contributed by atoms with E-state index in [4.69, 9.17) is 27.0 Å². The van der Waals surface area contributed by atoms with Crippen LogP contribution in [0.1, 0.15) is 37.0 Å². The van der Waals surface area contributed by atoms with Gasteiger partial charge in [-0.15, -0.1) is 0 Å². The molecule has 0 radical (unpaired) electrons. The number of benzene rings is 1. The van der Waals surface area contributed by atoms with Gasteiger partial charge in [-0.25, -0.2) is 13.2 Å². The van der Waals surface area contributed by atoms with E-state index in [0.717, 1.165) is 18.9 Å². The van der Waals surface area contributed by atoms with Crippen LogP contribution in [0.3, 0.4) is 0 Å². The Morgan fingerprint density at radius 2 is 2.05 bits per heavy atom. The summed E-state index contributed by atoms with van der Waals surface area (Å²) in [5.74, 6) is -0.414. The van der Waals surface area contributed by atoms with Gasteiger partial charge < -0.3 is 4.74 Å². The van der Waals surface area contributed by atoms with Crippen molar-refractivity contribution in [3.8, 4) is 0 Å². The second-order valence-electron chi connectivity index (χ2n) is 4.57. The highest BCUT2D eigenvalue weighted by molar-refractivity contribution is 8.13. The zero-order valence-corrected chi connectivity index (χ0v) is 13.6. The first-order chi connectivity index (χ1) is 9.25. The summed E-state index contributed by atoms with van der Waals surface area (Å²) in [6.07, 6.45) is 1.94. The van der Waals surface area contributed by atoms with E-state index in [9.17, 15) is 13.2 Å². The molecule has 0 saturated heterocycles. The Morgan fingerprint density at radius 1 is 1.40 bits per heavy atom. The molecule has 4 nitrogen and oxygen atoms in total. The third-order valence-corrected chi connectivity index (χ3v) is 4.40. The maximum atomic E-state index is 11.9. The summed E-state index contributed by atoms with van der Waals surface area (Å²) in [5, 5.41) is 0.127. The van der Waals surface area contributed by atoms with Crippen LogP contribution in [0.15, 0.2) is 23.1 Å². The van der Waals surface area contributed by atoms with E-state index in [-0.39, 0.29) is 28.0 Å². The van der Waals surface area contributed by atoms with Crippen molar-refractivity contribution in [2.45, 2.75) is 31.6 Å². The molecule has 0 fully saturated rings. The monoisotopic (exact) mass is 338 g/mol. The van der Waals surface area contributed by atoms with Gasteiger partial charge in [0.15, 0.2) is 0 Å². The van der Waals surface area contributed by atoms with Crippen molar-refractivity contribution in [3.05, 3.63) is 28.8 Å². The summed E-state index contributed by atoms with van der Waals surface area (Å²) in [7, 11) is 1.32. The first kappa shape index (κ1) is 17.3. The normalized spacial score (nSPS) is 13.0.